The first kappa shape index (κ1) is 17.6. The zero-order chi connectivity index (χ0) is 18.5. The number of allylic oxidation sites excluding steroid dienone is 1. The molecule has 3 aromatic rings. The van der Waals surface area contributed by atoms with Crippen LogP contribution in [0.5, 0.6) is 0 Å². The second-order valence-electron chi connectivity index (χ2n) is 6.10. The number of aliphatic carboxylic acids is 1. The van der Waals surface area contributed by atoms with E-state index < -0.39 is 17.9 Å². The van der Waals surface area contributed by atoms with Gasteiger partial charge in [-0.15, -0.1) is 6.58 Å². The van der Waals surface area contributed by atoms with Gasteiger partial charge in [0, 0.05) is 10.8 Å². The molecule has 26 heavy (non-hydrogen) atoms. The maximum atomic E-state index is 13.0. The molecule has 2 N–H and O–H groups in total. The fourth-order valence-electron chi connectivity index (χ4n) is 3.04. The van der Waals surface area contributed by atoms with Crippen molar-refractivity contribution in [2.75, 3.05) is 0 Å². The van der Waals surface area contributed by atoms with Gasteiger partial charge in [-0.25, -0.2) is 9.78 Å². The molecule has 0 spiro atoms. The Bertz CT molecular complexity index is 927. The molecule has 5 nitrogen and oxygen atoms in total. The maximum absolute atomic E-state index is 13.0. The summed E-state index contributed by atoms with van der Waals surface area (Å²) in [5.74, 6) is -1.43. The van der Waals surface area contributed by atoms with Gasteiger partial charge in [0.15, 0.2) is 0 Å². The number of hydrogen-bond donors (Lipinski definition) is 2. The van der Waals surface area contributed by atoms with Gasteiger partial charge in [-0.1, -0.05) is 42.5 Å². The third kappa shape index (κ3) is 3.57. The lowest BCUT2D eigenvalue weighted by atomic mass is 10.0. The van der Waals surface area contributed by atoms with Crippen LogP contribution < -0.4 is 5.32 Å². The number of carbonyl (C=O) groups excluding carboxylic acids is 1. The highest BCUT2D eigenvalue weighted by atomic mass is 16.4. The Kier molecular flexibility index (Phi) is 5.27. The monoisotopic (exact) mass is 348 g/mol. The van der Waals surface area contributed by atoms with Crippen molar-refractivity contribution < 1.29 is 14.7 Å². The highest BCUT2D eigenvalue weighted by molar-refractivity contribution is 6.16. The van der Waals surface area contributed by atoms with Crippen LogP contribution in [0.4, 0.5) is 0 Å². The highest BCUT2D eigenvalue weighted by Gasteiger charge is 2.23. The Morgan fingerprint density at radius 1 is 1.08 bits per heavy atom. The van der Waals surface area contributed by atoms with Crippen LogP contribution in [0.2, 0.25) is 0 Å². The molecule has 1 amide bonds. The first-order valence-corrected chi connectivity index (χ1v) is 8.54. The van der Waals surface area contributed by atoms with Gasteiger partial charge >= 0.3 is 5.97 Å². The number of rotatable bonds is 7. The summed E-state index contributed by atoms with van der Waals surface area (Å²) in [7, 11) is 0. The Balaban J connectivity index is 2.03. The van der Waals surface area contributed by atoms with E-state index in [1.54, 1.807) is 6.08 Å². The van der Waals surface area contributed by atoms with Crippen molar-refractivity contribution in [3.63, 3.8) is 0 Å². The Hall–Kier alpha value is -3.21. The molecule has 5 heteroatoms. The van der Waals surface area contributed by atoms with Crippen molar-refractivity contribution in [2.24, 2.45) is 0 Å². The molecule has 0 radical (unpaired) electrons. The summed E-state index contributed by atoms with van der Waals surface area (Å²) < 4.78 is 0. The van der Waals surface area contributed by atoms with Crippen LogP contribution in [0.15, 0.2) is 61.2 Å². The van der Waals surface area contributed by atoms with Gasteiger partial charge in [0.2, 0.25) is 0 Å². The number of hydrogen-bond acceptors (Lipinski definition) is 3. The average Bonchev–Trinajstić information content (AvgIpc) is 2.65. The first-order valence-electron chi connectivity index (χ1n) is 8.54. The molecule has 0 unspecified atom stereocenters. The van der Waals surface area contributed by atoms with Crippen molar-refractivity contribution in [3.05, 3.63) is 66.7 Å². The molecular formula is C21H20N2O3. The maximum Gasteiger partial charge on any atom is 0.326 e. The molecule has 0 bridgehead atoms. The number of unbranched alkanes of at least 4 members (excludes halogenated alkanes) is 1. The molecule has 1 atom stereocenters. The lowest BCUT2D eigenvalue weighted by molar-refractivity contribution is -0.139. The Morgan fingerprint density at radius 3 is 2.19 bits per heavy atom. The van der Waals surface area contributed by atoms with E-state index >= 15 is 0 Å². The third-order valence-electron chi connectivity index (χ3n) is 4.32. The number of carboxylic acid groups (broad SMARTS) is 1. The van der Waals surface area contributed by atoms with Crippen LogP contribution in [-0.2, 0) is 4.79 Å². The fourth-order valence-corrected chi connectivity index (χ4v) is 3.04. The van der Waals surface area contributed by atoms with E-state index in [1.807, 2.05) is 48.5 Å². The van der Waals surface area contributed by atoms with Gasteiger partial charge in [-0.2, -0.15) is 0 Å². The van der Waals surface area contributed by atoms with Gasteiger partial charge in [-0.3, -0.25) is 4.79 Å². The zero-order valence-corrected chi connectivity index (χ0v) is 14.3. The Labute approximate surface area is 151 Å². The van der Waals surface area contributed by atoms with Crippen LogP contribution >= 0.6 is 0 Å². The van der Waals surface area contributed by atoms with Gasteiger partial charge < -0.3 is 10.4 Å². The minimum atomic E-state index is -1.04. The van der Waals surface area contributed by atoms with E-state index in [-0.39, 0.29) is 0 Å². The number of fused-ring (bicyclic) bond motifs is 2. The quantitative estimate of drug-likeness (QED) is 0.385. The lowest BCUT2D eigenvalue weighted by Gasteiger charge is -2.16. The largest absolute Gasteiger partial charge is 0.480 e. The van der Waals surface area contributed by atoms with Gasteiger partial charge in [-0.05, 0) is 31.4 Å². The summed E-state index contributed by atoms with van der Waals surface area (Å²) in [6.07, 6.45) is 3.46. The summed E-state index contributed by atoms with van der Waals surface area (Å²) in [5.41, 5.74) is 1.87. The van der Waals surface area contributed by atoms with E-state index in [4.69, 9.17) is 0 Å². The van der Waals surface area contributed by atoms with E-state index in [1.165, 1.54) is 0 Å². The van der Waals surface area contributed by atoms with Crippen molar-refractivity contribution in [2.45, 2.75) is 25.3 Å². The number of carboxylic acids is 1. The normalized spacial score (nSPS) is 12.0. The second-order valence-corrected chi connectivity index (χ2v) is 6.10. The van der Waals surface area contributed by atoms with E-state index in [2.05, 4.69) is 16.9 Å². The topological polar surface area (TPSA) is 79.3 Å². The lowest BCUT2D eigenvalue weighted by Crippen LogP contribution is -2.40. The van der Waals surface area contributed by atoms with Crippen molar-refractivity contribution in [3.8, 4) is 0 Å². The number of para-hydroxylation sites is 2. The Morgan fingerprint density at radius 2 is 1.65 bits per heavy atom. The van der Waals surface area contributed by atoms with Crippen LogP contribution in [0.25, 0.3) is 21.8 Å². The molecule has 0 aliphatic rings. The van der Waals surface area contributed by atoms with Crippen LogP contribution in [0.3, 0.4) is 0 Å². The van der Waals surface area contributed by atoms with E-state index in [0.29, 0.717) is 46.6 Å². The number of aromatic nitrogens is 1. The predicted molar refractivity (Wildman–Crippen MR) is 102 cm³/mol. The van der Waals surface area contributed by atoms with E-state index in [0.717, 1.165) is 0 Å². The highest BCUT2D eigenvalue weighted by Crippen LogP contribution is 2.26. The molecule has 0 fully saturated rings. The SMILES string of the molecule is C=CCCC[C@H](NC(=O)c1c2ccccc2nc2ccccc12)C(=O)O. The second kappa shape index (κ2) is 7.78. The van der Waals surface area contributed by atoms with Crippen molar-refractivity contribution >= 4 is 33.7 Å². The summed E-state index contributed by atoms with van der Waals surface area (Å²) in [6.45, 7) is 3.64. The summed E-state index contributed by atoms with van der Waals surface area (Å²) in [5, 5.41) is 13.5. The minimum Gasteiger partial charge on any atom is -0.480 e. The van der Waals surface area contributed by atoms with Crippen LogP contribution in [0, 0.1) is 0 Å². The number of nitrogens with zero attached hydrogens (tertiary/aromatic N) is 1. The van der Waals surface area contributed by atoms with Crippen molar-refractivity contribution in [1.82, 2.24) is 10.3 Å². The molecule has 1 aromatic heterocycles. The summed E-state index contributed by atoms with van der Waals surface area (Å²) >= 11 is 0. The number of nitrogens with one attached hydrogen (secondary N) is 1. The van der Waals surface area contributed by atoms with Gasteiger partial charge in [0.25, 0.3) is 5.91 Å². The average molecular weight is 348 g/mol. The number of pyridine rings is 1. The number of carbonyl (C=O) groups is 2. The van der Waals surface area contributed by atoms with Gasteiger partial charge in [0.05, 0.1) is 16.6 Å². The molecule has 0 aliphatic carbocycles. The standard InChI is InChI=1S/C21H20N2O3/c1-2-3-4-13-18(21(25)26)23-20(24)19-14-9-5-7-11-16(14)22-17-12-8-6-10-15(17)19/h2,5-12,18H,1,3-4,13H2,(H,23,24)(H,25,26)/t18-/m0/s1. The summed E-state index contributed by atoms with van der Waals surface area (Å²) in [4.78, 5) is 29.1. The van der Waals surface area contributed by atoms with Crippen LogP contribution in [0.1, 0.15) is 29.6 Å². The first-order chi connectivity index (χ1) is 12.6. The minimum absolute atomic E-state index is 0.355. The molecular weight excluding hydrogens is 328 g/mol. The molecule has 0 aliphatic heterocycles. The van der Waals surface area contributed by atoms with Crippen LogP contribution in [-0.4, -0.2) is 28.0 Å². The molecule has 3 rings (SSSR count). The molecule has 1 heterocycles. The fraction of sp³-hybridized carbons (Fsp3) is 0.190. The van der Waals surface area contributed by atoms with Gasteiger partial charge in [0.1, 0.15) is 6.04 Å². The van der Waals surface area contributed by atoms with Crippen molar-refractivity contribution in [1.29, 1.82) is 0 Å². The number of amides is 1. The molecule has 132 valence electrons. The van der Waals surface area contributed by atoms with E-state index in [9.17, 15) is 14.7 Å². The molecule has 0 saturated heterocycles. The predicted octanol–water partition coefficient (Wildman–Crippen LogP) is 3.93. The number of benzene rings is 2. The smallest absolute Gasteiger partial charge is 0.326 e. The zero-order valence-electron chi connectivity index (χ0n) is 14.3. The molecule has 2 aromatic carbocycles. The third-order valence-corrected chi connectivity index (χ3v) is 4.32. The summed E-state index contributed by atoms with van der Waals surface area (Å²) in [6, 6.07) is 13.8. The molecule has 0 saturated carbocycles.